The van der Waals surface area contributed by atoms with Crippen LogP contribution in [0.2, 0.25) is 0 Å². The SMILES string of the molecule is NC1(Cc2cc(F)c(O)c(C(=O)O)c2)CC1. The summed E-state index contributed by atoms with van der Waals surface area (Å²) < 4.78 is 13.2. The van der Waals surface area contributed by atoms with Gasteiger partial charge in [0.15, 0.2) is 11.6 Å². The number of aromatic hydroxyl groups is 1. The van der Waals surface area contributed by atoms with Crippen molar-refractivity contribution in [2.75, 3.05) is 0 Å². The number of aromatic carboxylic acids is 1. The van der Waals surface area contributed by atoms with Crippen molar-refractivity contribution < 1.29 is 19.4 Å². The Labute approximate surface area is 91.5 Å². The maximum Gasteiger partial charge on any atom is 0.339 e. The topological polar surface area (TPSA) is 83.5 Å². The number of carboxylic acids is 1. The molecule has 1 aliphatic rings. The first-order valence-electron chi connectivity index (χ1n) is 4.95. The van der Waals surface area contributed by atoms with Crippen LogP contribution in [0.5, 0.6) is 5.75 Å². The molecule has 0 spiro atoms. The third kappa shape index (κ3) is 1.99. The first kappa shape index (κ1) is 10.9. The quantitative estimate of drug-likeness (QED) is 0.723. The van der Waals surface area contributed by atoms with E-state index in [0.717, 1.165) is 18.9 Å². The molecule has 0 aliphatic heterocycles. The molecule has 1 saturated carbocycles. The lowest BCUT2D eigenvalue weighted by Gasteiger charge is -2.10. The summed E-state index contributed by atoms with van der Waals surface area (Å²) in [4.78, 5) is 10.7. The molecule has 5 heteroatoms. The van der Waals surface area contributed by atoms with Crippen LogP contribution in [0, 0.1) is 5.82 Å². The van der Waals surface area contributed by atoms with Crippen molar-refractivity contribution in [3.63, 3.8) is 0 Å². The summed E-state index contributed by atoms with van der Waals surface area (Å²) in [5.41, 5.74) is 5.63. The van der Waals surface area contributed by atoms with Gasteiger partial charge in [0.2, 0.25) is 0 Å². The van der Waals surface area contributed by atoms with Crippen LogP contribution in [-0.4, -0.2) is 21.7 Å². The monoisotopic (exact) mass is 225 g/mol. The third-order valence-corrected chi connectivity index (χ3v) is 2.80. The van der Waals surface area contributed by atoms with Gasteiger partial charge in [-0.25, -0.2) is 9.18 Å². The smallest absolute Gasteiger partial charge is 0.339 e. The van der Waals surface area contributed by atoms with Gasteiger partial charge in [-0.3, -0.25) is 0 Å². The molecule has 1 aromatic rings. The third-order valence-electron chi connectivity index (χ3n) is 2.80. The number of nitrogens with two attached hydrogens (primary N) is 1. The van der Waals surface area contributed by atoms with Crippen LogP contribution >= 0.6 is 0 Å². The summed E-state index contributed by atoms with van der Waals surface area (Å²) in [6, 6.07) is 2.41. The van der Waals surface area contributed by atoms with Crippen molar-refractivity contribution in [2.45, 2.75) is 24.8 Å². The Bertz CT molecular complexity index is 455. The fraction of sp³-hybridized carbons (Fsp3) is 0.364. The zero-order chi connectivity index (χ0) is 11.9. The second kappa shape index (κ2) is 3.45. The van der Waals surface area contributed by atoms with Gasteiger partial charge >= 0.3 is 5.97 Å². The number of carboxylic acid groups (broad SMARTS) is 1. The number of hydrogen-bond acceptors (Lipinski definition) is 3. The minimum absolute atomic E-state index is 0.320. The Morgan fingerprint density at radius 1 is 1.50 bits per heavy atom. The molecule has 0 bridgehead atoms. The van der Waals surface area contributed by atoms with Crippen molar-refractivity contribution in [1.29, 1.82) is 0 Å². The van der Waals surface area contributed by atoms with E-state index in [2.05, 4.69) is 0 Å². The van der Waals surface area contributed by atoms with Gasteiger partial charge in [-0.1, -0.05) is 0 Å². The van der Waals surface area contributed by atoms with Crippen LogP contribution in [-0.2, 0) is 6.42 Å². The molecular formula is C11H12FNO3. The average molecular weight is 225 g/mol. The van der Waals surface area contributed by atoms with Gasteiger partial charge in [-0.2, -0.15) is 0 Å². The Morgan fingerprint density at radius 2 is 2.12 bits per heavy atom. The fourth-order valence-electron chi connectivity index (χ4n) is 1.66. The molecular weight excluding hydrogens is 213 g/mol. The van der Waals surface area contributed by atoms with Gasteiger partial charge in [0.1, 0.15) is 5.56 Å². The van der Waals surface area contributed by atoms with Gasteiger partial charge in [-0.15, -0.1) is 0 Å². The molecule has 2 rings (SSSR count). The highest BCUT2D eigenvalue weighted by atomic mass is 19.1. The highest BCUT2D eigenvalue weighted by Gasteiger charge is 2.38. The van der Waals surface area contributed by atoms with E-state index < -0.39 is 23.1 Å². The van der Waals surface area contributed by atoms with Gasteiger partial charge in [-0.05, 0) is 37.0 Å². The van der Waals surface area contributed by atoms with Crippen LogP contribution in [0.4, 0.5) is 4.39 Å². The summed E-state index contributed by atoms with van der Waals surface area (Å²) in [6.07, 6.45) is 2.15. The summed E-state index contributed by atoms with van der Waals surface area (Å²) in [5, 5.41) is 18.0. The molecule has 0 saturated heterocycles. The predicted octanol–water partition coefficient (Wildman–Crippen LogP) is 1.26. The van der Waals surface area contributed by atoms with E-state index in [9.17, 15) is 14.3 Å². The second-order valence-corrected chi connectivity index (χ2v) is 4.32. The molecule has 0 unspecified atom stereocenters. The molecule has 4 N–H and O–H groups in total. The van der Waals surface area contributed by atoms with Gasteiger partial charge < -0.3 is 15.9 Å². The summed E-state index contributed by atoms with van der Waals surface area (Å²) >= 11 is 0. The number of benzene rings is 1. The van der Waals surface area contributed by atoms with Crippen LogP contribution in [0.3, 0.4) is 0 Å². The maximum absolute atomic E-state index is 13.2. The minimum atomic E-state index is -1.35. The molecule has 0 heterocycles. The highest BCUT2D eigenvalue weighted by Crippen LogP contribution is 2.36. The standard InChI is InChI=1S/C11H12FNO3/c12-8-4-6(5-11(13)1-2-11)3-7(9(8)14)10(15)16/h3-4,14H,1-2,5,13H2,(H,15,16). The van der Waals surface area contributed by atoms with E-state index in [-0.39, 0.29) is 5.54 Å². The number of rotatable bonds is 3. The molecule has 4 nitrogen and oxygen atoms in total. The second-order valence-electron chi connectivity index (χ2n) is 4.32. The van der Waals surface area contributed by atoms with Crippen molar-refractivity contribution in [3.05, 3.63) is 29.1 Å². The van der Waals surface area contributed by atoms with E-state index >= 15 is 0 Å². The van der Waals surface area contributed by atoms with Crippen LogP contribution in [0.1, 0.15) is 28.8 Å². The molecule has 0 radical (unpaired) electrons. The molecule has 0 atom stereocenters. The zero-order valence-electron chi connectivity index (χ0n) is 8.53. The first-order chi connectivity index (χ1) is 7.41. The largest absolute Gasteiger partial charge is 0.504 e. The van der Waals surface area contributed by atoms with Gasteiger partial charge in [0.05, 0.1) is 0 Å². The van der Waals surface area contributed by atoms with Crippen LogP contribution in [0.15, 0.2) is 12.1 Å². The van der Waals surface area contributed by atoms with E-state index in [1.54, 1.807) is 0 Å². The predicted molar refractivity (Wildman–Crippen MR) is 54.9 cm³/mol. The summed E-state index contributed by atoms with van der Waals surface area (Å²) in [6.45, 7) is 0. The van der Waals surface area contributed by atoms with Crippen molar-refractivity contribution in [2.24, 2.45) is 5.73 Å². The zero-order valence-corrected chi connectivity index (χ0v) is 8.53. The van der Waals surface area contributed by atoms with E-state index in [0.29, 0.717) is 12.0 Å². The average Bonchev–Trinajstić information content (AvgIpc) is 2.89. The Balaban J connectivity index is 2.36. The Kier molecular flexibility index (Phi) is 2.35. The fourth-order valence-corrected chi connectivity index (χ4v) is 1.66. The Hall–Kier alpha value is -1.62. The van der Waals surface area contributed by atoms with Gasteiger partial charge in [0.25, 0.3) is 0 Å². The van der Waals surface area contributed by atoms with Crippen LogP contribution < -0.4 is 5.73 Å². The van der Waals surface area contributed by atoms with Crippen LogP contribution in [0.25, 0.3) is 0 Å². The number of phenols is 1. The van der Waals surface area contributed by atoms with Crippen molar-refractivity contribution in [3.8, 4) is 5.75 Å². The lowest BCUT2D eigenvalue weighted by Crippen LogP contribution is -2.24. The lowest BCUT2D eigenvalue weighted by molar-refractivity contribution is 0.0692. The molecule has 1 fully saturated rings. The van der Waals surface area contributed by atoms with Crippen molar-refractivity contribution in [1.82, 2.24) is 0 Å². The van der Waals surface area contributed by atoms with Gasteiger partial charge in [0, 0.05) is 5.54 Å². The maximum atomic E-state index is 13.2. The highest BCUT2D eigenvalue weighted by molar-refractivity contribution is 5.91. The number of hydrogen-bond donors (Lipinski definition) is 3. The summed E-state index contributed by atoms with van der Waals surface area (Å²) in [5.74, 6) is -3.09. The van der Waals surface area contributed by atoms with E-state index in [1.807, 2.05) is 0 Å². The molecule has 0 amide bonds. The summed E-state index contributed by atoms with van der Waals surface area (Å²) in [7, 11) is 0. The first-order valence-corrected chi connectivity index (χ1v) is 4.95. The normalized spacial score (nSPS) is 17.1. The minimum Gasteiger partial charge on any atom is -0.504 e. The lowest BCUT2D eigenvalue weighted by atomic mass is 10.0. The molecule has 1 aromatic carbocycles. The van der Waals surface area contributed by atoms with E-state index in [1.165, 1.54) is 6.07 Å². The molecule has 86 valence electrons. The number of carbonyl (C=O) groups is 1. The Morgan fingerprint density at radius 3 is 2.62 bits per heavy atom. The number of halogens is 1. The molecule has 1 aliphatic carbocycles. The van der Waals surface area contributed by atoms with E-state index in [4.69, 9.17) is 10.8 Å². The molecule has 16 heavy (non-hydrogen) atoms. The molecule has 0 aromatic heterocycles. The van der Waals surface area contributed by atoms with Crippen molar-refractivity contribution >= 4 is 5.97 Å².